The van der Waals surface area contributed by atoms with E-state index in [0.717, 1.165) is 4.47 Å². The van der Waals surface area contributed by atoms with E-state index in [2.05, 4.69) is 42.3 Å². The highest BCUT2D eigenvalue weighted by Gasteiger charge is 2.27. The van der Waals surface area contributed by atoms with Crippen LogP contribution in [0, 0.1) is 17.2 Å². The van der Waals surface area contributed by atoms with Crippen LogP contribution in [0.2, 0.25) is 0 Å². The Hall–Kier alpha value is -2.53. The first-order valence-electron chi connectivity index (χ1n) is 7.56. The number of nitrogens with zero attached hydrogens (tertiary/aromatic N) is 5. The quantitative estimate of drug-likeness (QED) is 0.869. The van der Waals surface area contributed by atoms with Crippen LogP contribution in [0.15, 0.2) is 35.2 Å². The first kappa shape index (κ1) is 16.3. The molecule has 0 spiro atoms. The Morgan fingerprint density at radius 3 is 2.67 bits per heavy atom. The van der Waals surface area contributed by atoms with Crippen molar-refractivity contribution in [3.63, 3.8) is 0 Å². The third-order valence-electron chi connectivity index (χ3n) is 3.93. The Morgan fingerprint density at radius 2 is 2.00 bits per heavy atom. The summed E-state index contributed by atoms with van der Waals surface area (Å²) in [4.78, 5) is 26.8. The maximum Gasteiger partial charge on any atom is 0.228 e. The number of pyridine rings is 1. The van der Waals surface area contributed by atoms with E-state index in [4.69, 9.17) is 5.26 Å². The number of rotatable bonds is 3. The fourth-order valence-electron chi connectivity index (χ4n) is 2.67. The molecule has 1 fully saturated rings. The number of hydrogen-bond donors (Lipinski definition) is 1. The van der Waals surface area contributed by atoms with Crippen LogP contribution in [-0.2, 0) is 4.79 Å². The van der Waals surface area contributed by atoms with E-state index >= 15 is 0 Å². The molecule has 0 saturated carbocycles. The molecule has 0 atom stereocenters. The Morgan fingerprint density at radius 1 is 1.25 bits per heavy atom. The molecule has 0 unspecified atom stereocenters. The van der Waals surface area contributed by atoms with Crippen molar-refractivity contribution in [2.24, 2.45) is 5.92 Å². The smallest absolute Gasteiger partial charge is 0.228 e. The summed E-state index contributed by atoms with van der Waals surface area (Å²) in [7, 11) is 0. The van der Waals surface area contributed by atoms with Crippen molar-refractivity contribution >= 4 is 33.5 Å². The van der Waals surface area contributed by atoms with Crippen molar-refractivity contribution in [2.75, 3.05) is 23.3 Å². The first-order valence-corrected chi connectivity index (χ1v) is 8.35. The zero-order valence-corrected chi connectivity index (χ0v) is 14.4. The van der Waals surface area contributed by atoms with Crippen LogP contribution in [0.5, 0.6) is 0 Å². The predicted octanol–water partition coefficient (Wildman–Crippen LogP) is 2.36. The van der Waals surface area contributed by atoms with Crippen LogP contribution >= 0.6 is 15.9 Å². The van der Waals surface area contributed by atoms with Gasteiger partial charge < -0.3 is 10.2 Å². The number of amides is 1. The standard InChI is InChI=1S/C16H15BrN6O/c17-12-1-2-14(21-10-12)22-16(24)11-3-7-23(8-4-11)15-13(9-18)19-5-6-20-15/h1-2,5-6,10-11H,3-4,7-8H2,(H,21,22,24). The zero-order valence-electron chi connectivity index (χ0n) is 12.8. The van der Waals surface area contributed by atoms with Gasteiger partial charge in [0, 0.05) is 42.1 Å². The number of carbonyl (C=O) groups is 1. The molecule has 0 radical (unpaired) electrons. The second-order valence-electron chi connectivity index (χ2n) is 5.45. The number of halogens is 1. The lowest BCUT2D eigenvalue weighted by atomic mass is 9.96. The van der Waals surface area contributed by atoms with Crippen molar-refractivity contribution in [3.05, 3.63) is 40.9 Å². The molecule has 24 heavy (non-hydrogen) atoms. The molecule has 3 heterocycles. The topological polar surface area (TPSA) is 94.8 Å². The minimum Gasteiger partial charge on any atom is -0.354 e. The molecule has 0 bridgehead atoms. The minimum absolute atomic E-state index is 0.0240. The largest absolute Gasteiger partial charge is 0.354 e. The molecular weight excluding hydrogens is 372 g/mol. The number of carbonyl (C=O) groups excluding carboxylic acids is 1. The van der Waals surface area contributed by atoms with Crippen LogP contribution < -0.4 is 10.2 Å². The second-order valence-corrected chi connectivity index (χ2v) is 6.37. The fourth-order valence-corrected chi connectivity index (χ4v) is 2.91. The number of nitriles is 1. The van der Waals surface area contributed by atoms with Gasteiger partial charge in [-0.2, -0.15) is 5.26 Å². The monoisotopic (exact) mass is 386 g/mol. The summed E-state index contributed by atoms with van der Waals surface area (Å²) in [6, 6.07) is 5.65. The second kappa shape index (κ2) is 7.36. The van der Waals surface area contributed by atoms with Gasteiger partial charge in [0.2, 0.25) is 5.91 Å². The highest BCUT2D eigenvalue weighted by atomic mass is 79.9. The third kappa shape index (κ3) is 3.68. The number of piperidine rings is 1. The van der Waals surface area contributed by atoms with Crippen molar-refractivity contribution in [1.29, 1.82) is 5.26 Å². The van der Waals surface area contributed by atoms with Crippen LogP contribution in [0.3, 0.4) is 0 Å². The molecule has 1 saturated heterocycles. The molecule has 2 aromatic rings. The van der Waals surface area contributed by atoms with Gasteiger partial charge in [0.1, 0.15) is 11.9 Å². The maximum absolute atomic E-state index is 12.4. The Bertz CT molecular complexity index is 765. The summed E-state index contributed by atoms with van der Waals surface area (Å²) in [5.41, 5.74) is 0.319. The Labute approximate surface area is 147 Å². The molecule has 1 aliphatic rings. The van der Waals surface area contributed by atoms with E-state index in [1.807, 2.05) is 11.0 Å². The molecule has 2 aromatic heterocycles. The summed E-state index contributed by atoms with van der Waals surface area (Å²) in [6.07, 6.45) is 6.13. The van der Waals surface area contributed by atoms with Gasteiger partial charge in [-0.25, -0.2) is 15.0 Å². The SMILES string of the molecule is N#Cc1nccnc1N1CCC(C(=O)Nc2ccc(Br)cn2)CC1. The average molecular weight is 387 g/mol. The molecule has 1 amide bonds. The molecule has 0 aromatic carbocycles. The summed E-state index contributed by atoms with van der Waals surface area (Å²) in [5.74, 6) is 1.04. The van der Waals surface area contributed by atoms with E-state index in [9.17, 15) is 4.79 Å². The van der Waals surface area contributed by atoms with Gasteiger partial charge >= 0.3 is 0 Å². The van der Waals surface area contributed by atoms with Gasteiger partial charge in [-0.05, 0) is 40.9 Å². The van der Waals surface area contributed by atoms with Crippen LogP contribution in [0.25, 0.3) is 0 Å². The molecule has 0 aliphatic carbocycles. The maximum atomic E-state index is 12.4. The first-order chi connectivity index (χ1) is 11.7. The Kier molecular flexibility index (Phi) is 5.01. The Balaban J connectivity index is 1.59. The zero-order chi connectivity index (χ0) is 16.9. The highest BCUT2D eigenvalue weighted by molar-refractivity contribution is 9.10. The van der Waals surface area contributed by atoms with E-state index in [-0.39, 0.29) is 11.8 Å². The van der Waals surface area contributed by atoms with E-state index in [1.54, 1.807) is 18.5 Å². The van der Waals surface area contributed by atoms with Crippen molar-refractivity contribution < 1.29 is 4.79 Å². The summed E-state index contributed by atoms with van der Waals surface area (Å²) in [5, 5.41) is 12.0. The van der Waals surface area contributed by atoms with Crippen molar-refractivity contribution in [1.82, 2.24) is 15.0 Å². The van der Waals surface area contributed by atoms with E-state index in [1.165, 1.54) is 6.20 Å². The number of anilines is 2. The van der Waals surface area contributed by atoms with Crippen LogP contribution in [0.1, 0.15) is 18.5 Å². The highest BCUT2D eigenvalue weighted by Crippen LogP contribution is 2.24. The van der Waals surface area contributed by atoms with E-state index < -0.39 is 0 Å². The van der Waals surface area contributed by atoms with Crippen LogP contribution in [0.4, 0.5) is 11.6 Å². The lowest BCUT2D eigenvalue weighted by Crippen LogP contribution is -2.39. The summed E-state index contributed by atoms with van der Waals surface area (Å²) >= 11 is 3.31. The normalized spacial score (nSPS) is 14.9. The third-order valence-corrected chi connectivity index (χ3v) is 4.40. The van der Waals surface area contributed by atoms with Crippen molar-refractivity contribution in [2.45, 2.75) is 12.8 Å². The van der Waals surface area contributed by atoms with Crippen molar-refractivity contribution in [3.8, 4) is 6.07 Å². The summed E-state index contributed by atoms with van der Waals surface area (Å²) in [6.45, 7) is 1.33. The molecule has 7 nitrogen and oxygen atoms in total. The van der Waals surface area contributed by atoms with Gasteiger partial charge in [0.25, 0.3) is 0 Å². The lowest BCUT2D eigenvalue weighted by molar-refractivity contribution is -0.120. The number of nitrogens with one attached hydrogen (secondary N) is 1. The van der Waals surface area contributed by atoms with Gasteiger partial charge in [-0.15, -0.1) is 0 Å². The lowest BCUT2D eigenvalue weighted by Gasteiger charge is -2.32. The summed E-state index contributed by atoms with van der Waals surface area (Å²) < 4.78 is 0.867. The average Bonchev–Trinajstić information content (AvgIpc) is 2.63. The molecule has 3 rings (SSSR count). The van der Waals surface area contributed by atoms with Gasteiger partial charge in [0.15, 0.2) is 11.5 Å². The van der Waals surface area contributed by atoms with Crippen LogP contribution in [-0.4, -0.2) is 33.9 Å². The van der Waals surface area contributed by atoms with Gasteiger partial charge in [0.05, 0.1) is 0 Å². The molecule has 1 N–H and O–H groups in total. The molecule has 122 valence electrons. The minimum atomic E-state index is -0.0751. The molecular formula is C16H15BrN6O. The molecule has 1 aliphatic heterocycles. The van der Waals surface area contributed by atoms with Gasteiger partial charge in [-0.3, -0.25) is 4.79 Å². The van der Waals surface area contributed by atoms with Gasteiger partial charge in [-0.1, -0.05) is 0 Å². The number of aromatic nitrogens is 3. The predicted molar refractivity (Wildman–Crippen MR) is 92.3 cm³/mol. The fraction of sp³-hybridized carbons (Fsp3) is 0.312. The molecule has 8 heteroatoms. The van der Waals surface area contributed by atoms with E-state index in [0.29, 0.717) is 43.3 Å². The number of hydrogen-bond acceptors (Lipinski definition) is 6.